The quantitative estimate of drug-likeness (QED) is 0.703. The van der Waals surface area contributed by atoms with Gasteiger partial charge in [0.2, 0.25) is 0 Å². The lowest BCUT2D eigenvalue weighted by Gasteiger charge is -2.36. The van der Waals surface area contributed by atoms with Crippen molar-refractivity contribution in [3.05, 3.63) is 35.0 Å². The van der Waals surface area contributed by atoms with Gasteiger partial charge in [-0.05, 0) is 56.6 Å². The minimum atomic E-state index is -0.572. The van der Waals surface area contributed by atoms with E-state index in [1.807, 2.05) is 6.92 Å². The third-order valence-electron chi connectivity index (χ3n) is 7.30. The van der Waals surface area contributed by atoms with Crippen molar-refractivity contribution in [2.24, 2.45) is 0 Å². The van der Waals surface area contributed by atoms with Crippen LogP contribution in [0.5, 0.6) is 5.88 Å². The Bertz CT molecular complexity index is 1150. The molecule has 2 fully saturated rings. The van der Waals surface area contributed by atoms with E-state index in [1.54, 1.807) is 0 Å². The molecule has 1 unspecified atom stereocenters. The van der Waals surface area contributed by atoms with Crippen LogP contribution in [0, 0.1) is 12.7 Å². The summed E-state index contributed by atoms with van der Waals surface area (Å²) in [4.78, 5) is 38.4. The molecule has 1 spiro atoms. The van der Waals surface area contributed by atoms with Gasteiger partial charge in [-0.3, -0.25) is 14.7 Å². The molecule has 6 rings (SSSR count). The van der Waals surface area contributed by atoms with E-state index >= 15 is 0 Å². The topological polar surface area (TPSA) is 119 Å². The normalized spacial score (nSPS) is 27.8. The van der Waals surface area contributed by atoms with Crippen LogP contribution in [0.15, 0.2) is 12.4 Å². The zero-order valence-corrected chi connectivity index (χ0v) is 18.8. The third-order valence-corrected chi connectivity index (χ3v) is 7.30. The minimum Gasteiger partial charge on any atom is -0.465 e. The van der Waals surface area contributed by atoms with Gasteiger partial charge in [-0.1, -0.05) is 0 Å². The van der Waals surface area contributed by atoms with Crippen molar-refractivity contribution < 1.29 is 23.5 Å². The van der Waals surface area contributed by atoms with Crippen LogP contribution in [-0.2, 0) is 22.4 Å². The fourth-order valence-electron chi connectivity index (χ4n) is 5.54. The zero-order chi connectivity index (χ0) is 23.4. The number of carbonyl (C=O) groups excluding carboxylic acids is 2. The van der Waals surface area contributed by atoms with Gasteiger partial charge < -0.3 is 20.1 Å². The van der Waals surface area contributed by atoms with E-state index in [0.29, 0.717) is 18.8 Å². The molecule has 2 N–H and O–H groups in total. The van der Waals surface area contributed by atoms with Crippen molar-refractivity contribution in [1.82, 2.24) is 20.3 Å². The Balaban J connectivity index is 1.09. The molecule has 0 bridgehead atoms. The van der Waals surface area contributed by atoms with Crippen LogP contribution in [0.1, 0.15) is 42.5 Å². The Morgan fingerprint density at radius 2 is 1.94 bits per heavy atom. The molecule has 4 heterocycles. The van der Waals surface area contributed by atoms with Crippen LogP contribution in [0.25, 0.3) is 0 Å². The van der Waals surface area contributed by atoms with Gasteiger partial charge in [0, 0.05) is 17.8 Å². The number of carbonyl (C=O) groups is 2. The summed E-state index contributed by atoms with van der Waals surface area (Å²) in [7, 11) is 0. The van der Waals surface area contributed by atoms with Crippen molar-refractivity contribution in [1.29, 1.82) is 0 Å². The van der Waals surface area contributed by atoms with E-state index in [4.69, 9.17) is 9.47 Å². The van der Waals surface area contributed by atoms with Gasteiger partial charge in [0.05, 0.1) is 18.9 Å². The highest BCUT2D eigenvalue weighted by Crippen LogP contribution is 2.39. The number of aryl methyl sites for hydroxylation is 1. The number of aromatic nitrogens is 3. The maximum absolute atomic E-state index is 14.2. The lowest BCUT2D eigenvalue weighted by atomic mass is 9.81. The lowest BCUT2D eigenvalue weighted by molar-refractivity contribution is -0.118. The largest absolute Gasteiger partial charge is 0.465 e. The van der Waals surface area contributed by atoms with Gasteiger partial charge >= 0.3 is 6.09 Å². The molecule has 10 nitrogen and oxygen atoms in total. The molecule has 1 saturated heterocycles. The van der Waals surface area contributed by atoms with Gasteiger partial charge in [0.25, 0.3) is 11.8 Å². The molecule has 2 aliphatic heterocycles. The first-order valence-corrected chi connectivity index (χ1v) is 11.6. The molecule has 2 amide bonds. The SMILES string of the molecule is Cc1ncc(F)c2c1CC(NC1CCC3(CC1)CN(c1cnc4c(n1)NC(=O)CO4)C(=O)O3)C2. The number of anilines is 2. The highest BCUT2D eigenvalue weighted by atomic mass is 19.1. The highest BCUT2D eigenvalue weighted by Gasteiger charge is 2.48. The standard InChI is InChI=1S/C23H25FN6O4/c1-12-15-6-14(7-16(15)17(24)8-25-12)27-13-2-4-23(5-3-13)11-30(22(32)34-23)18-9-26-21-20(28-18)29-19(31)10-33-21/h8-9,13-14,27H,2-7,10-11H2,1H3,(H,28,29,31). The van der Waals surface area contributed by atoms with Gasteiger partial charge in [-0.15, -0.1) is 0 Å². The summed E-state index contributed by atoms with van der Waals surface area (Å²) in [6, 6.07) is 0.474. The summed E-state index contributed by atoms with van der Waals surface area (Å²) in [5.41, 5.74) is 2.14. The fraction of sp³-hybridized carbons (Fsp3) is 0.522. The molecule has 0 aromatic carbocycles. The summed E-state index contributed by atoms with van der Waals surface area (Å²) in [5.74, 6) is 0.222. The third kappa shape index (κ3) is 3.64. The molecule has 2 aromatic rings. The average molecular weight is 468 g/mol. The van der Waals surface area contributed by atoms with E-state index in [-0.39, 0.29) is 42.1 Å². The highest BCUT2D eigenvalue weighted by molar-refractivity contribution is 5.94. The first-order valence-electron chi connectivity index (χ1n) is 11.6. The number of pyridine rings is 1. The first-order chi connectivity index (χ1) is 16.4. The second kappa shape index (κ2) is 7.86. The van der Waals surface area contributed by atoms with Gasteiger partial charge in [-0.25, -0.2) is 19.2 Å². The Hall–Kier alpha value is -3.34. The number of rotatable bonds is 3. The number of nitrogens with one attached hydrogen (secondary N) is 2. The molecule has 2 aliphatic carbocycles. The van der Waals surface area contributed by atoms with Crippen molar-refractivity contribution in [3.63, 3.8) is 0 Å². The zero-order valence-electron chi connectivity index (χ0n) is 18.8. The predicted molar refractivity (Wildman–Crippen MR) is 118 cm³/mol. The van der Waals surface area contributed by atoms with E-state index in [9.17, 15) is 14.0 Å². The van der Waals surface area contributed by atoms with Crippen LogP contribution in [0.2, 0.25) is 0 Å². The molecule has 2 aromatic heterocycles. The van der Waals surface area contributed by atoms with E-state index in [2.05, 4.69) is 25.6 Å². The van der Waals surface area contributed by atoms with E-state index < -0.39 is 11.7 Å². The summed E-state index contributed by atoms with van der Waals surface area (Å²) in [6.07, 6.45) is 6.92. The Morgan fingerprint density at radius 1 is 1.15 bits per heavy atom. The molecule has 34 heavy (non-hydrogen) atoms. The number of ether oxygens (including phenoxy) is 2. The van der Waals surface area contributed by atoms with Crippen molar-refractivity contribution >= 4 is 23.6 Å². The summed E-state index contributed by atoms with van der Waals surface area (Å²) in [6.45, 7) is 2.20. The van der Waals surface area contributed by atoms with Crippen LogP contribution in [0.4, 0.5) is 20.8 Å². The lowest BCUT2D eigenvalue weighted by Crippen LogP contribution is -2.47. The van der Waals surface area contributed by atoms with Crippen molar-refractivity contribution in [2.75, 3.05) is 23.4 Å². The maximum Gasteiger partial charge on any atom is 0.416 e. The van der Waals surface area contributed by atoms with Gasteiger partial charge in [0.1, 0.15) is 11.4 Å². The van der Waals surface area contributed by atoms with Gasteiger partial charge in [0.15, 0.2) is 18.2 Å². The second-order valence-corrected chi connectivity index (χ2v) is 9.55. The summed E-state index contributed by atoms with van der Waals surface area (Å²) in [5, 5.41) is 6.30. The Labute approximate surface area is 195 Å². The number of nitrogens with zero attached hydrogens (tertiary/aromatic N) is 4. The molecule has 1 atom stereocenters. The Kier molecular flexibility index (Phi) is 4.91. The molecule has 11 heteroatoms. The summed E-state index contributed by atoms with van der Waals surface area (Å²) >= 11 is 0. The smallest absolute Gasteiger partial charge is 0.416 e. The Morgan fingerprint density at radius 3 is 2.74 bits per heavy atom. The number of halogens is 1. The minimum absolute atomic E-state index is 0.108. The average Bonchev–Trinajstić information content (AvgIpc) is 3.39. The monoisotopic (exact) mass is 468 g/mol. The molecular formula is C23H25FN6O4. The van der Waals surface area contributed by atoms with Crippen LogP contribution in [-0.4, -0.2) is 57.8 Å². The van der Waals surface area contributed by atoms with Crippen LogP contribution < -0.4 is 20.3 Å². The van der Waals surface area contributed by atoms with Crippen LogP contribution >= 0.6 is 0 Å². The number of amides is 2. The van der Waals surface area contributed by atoms with E-state index in [1.165, 1.54) is 17.3 Å². The first kappa shape index (κ1) is 21.2. The second-order valence-electron chi connectivity index (χ2n) is 9.55. The molecule has 178 valence electrons. The number of hydrogen-bond acceptors (Lipinski definition) is 8. The molecular weight excluding hydrogens is 443 g/mol. The van der Waals surface area contributed by atoms with Crippen molar-refractivity contribution in [2.45, 2.75) is 63.1 Å². The number of hydrogen-bond donors (Lipinski definition) is 2. The molecule has 4 aliphatic rings. The fourth-order valence-corrected chi connectivity index (χ4v) is 5.54. The molecule has 0 radical (unpaired) electrons. The molecule has 1 saturated carbocycles. The summed E-state index contributed by atoms with van der Waals surface area (Å²) < 4.78 is 25.2. The number of fused-ring (bicyclic) bond motifs is 2. The maximum atomic E-state index is 14.2. The van der Waals surface area contributed by atoms with Crippen LogP contribution in [0.3, 0.4) is 0 Å². The van der Waals surface area contributed by atoms with Gasteiger partial charge in [-0.2, -0.15) is 0 Å². The predicted octanol–water partition coefficient (Wildman–Crippen LogP) is 2.05. The van der Waals surface area contributed by atoms with E-state index in [0.717, 1.165) is 48.9 Å². The van der Waals surface area contributed by atoms with Crippen molar-refractivity contribution in [3.8, 4) is 5.88 Å².